The number of aromatic nitrogens is 2. The molecule has 0 fully saturated rings. The molecule has 0 aliphatic carbocycles. The lowest BCUT2D eigenvalue weighted by atomic mass is 10.1. The maximum absolute atomic E-state index is 13.2. The zero-order valence-electron chi connectivity index (χ0n) is 16.0. The van der Waals surface area contributed by atoms with Gasteiger partial charge in [-0.15, -0.1) is 5.10 Å². The molecule has 2 amide bonds. The molecule has 1 unspecified atom stereocenters. The maximum atomic E-state index is 13.2. The van der Waals surface area contributed by atoms with Crippen molar-refractivity contribution in [3.05, 3.63) is 71.1 Å². The third-order valence-corrected chi connectivity index (χ3v) is 4.41. The normalized spacial score (nSPS) is 12.4. The zero-order valence-corrected chi connectivity index (χ0v) is 16.8. The summed E-state index contributed by atoms with van der Waals surface area (Å²) in [4.78, 5) is 27.9. The van der Waals surface area contributed by atoms with E-state index in [4.69, 9.17) is 4.42 Å². The van der Waals surface area contributed by atoms with Gasteiger partial charge in [0, 0.05) is 17.5 Å². The van der Waals surface area contributed by atoms with Crippen LogP contribution in [0, 0.1) is 0 Å². The second-order valence-electron chi connectivity index (χ2n) is 7.37. The van der Waals surface area contributed by atoms with Crippen molar-refractivity contribution in [3.8, 4) is 0 Å². The van der Waals surface area contributed by atoms with Crippen molar-refractivity contribution in [2.45, 2.75) is 38.9 Å². The molecule has 8 heteroatoms. The third kappa shape index (κ3) is 4.83. The fourth-order valence-electron chi connectivity index (χ4n) is 2.77. The maximum Gasteiger partial charge on any atom is 0.276 e. The van der Waals surface area contributed by atoms with Crippen molar-refractivity contribution < 1.29 is 14.0 Å². The minimum Gasteiger partial charge on any atom is -0.467 e. The van der Waals surface area contributed by atoms with Crippen molar-refractivity contribution in [2.24, 2.45) is 0 Å². The Hall–Kier alpha value is -3.00. The predicted molar refractivity (Wildman–Crippen MR) is 106 cm³/mol. The molecule has 3 aromatic rings. The molecule has 146 valence electrons. The van der Waals surface area contributed by atoms with E-state index in [0.717, 1.165) is 17.1 Å². The Labute approximate surface area is 167 Å². The van der Waals surface area contributed by atoms with Gasteiger partial charge in [0.25, 0.3) is 11.8 Å². The van der Waals surface area contributed by atoms with Gasteiger partial charge in [-0.2, -0.15) is 0 Å². The molecule has 0 saturated carbocycles. The van der Waals surface area contributed by atoms with Crippen LogP contribution >= 0.6 is 11.5 Å². The molecule has 0 spiro atoms. The van der Waals surface area contributed by atoms with Gasteiger partial charge in [-0.05, 0) is 50.0 Å². The Morgan fingerprint density at radius 3 is 2.50 bits per heavy atom. The number of carbonyl (C=O) groups is 2. The third-order valence-electron chi connectivity index (χ3n) is 3.91. The molecule has 0 aliphatic rings. The van der Waals surface area contributed by atoms with Crippen LogP contribution in [0.5, 0.6) is 0 Å². The van der Waals surface area contributed by atoms with E-state index in [1.54, 1.807) is 17.5 Å². The summed E-state index contributed by atoms with van der Waals surface area (Å²) in [7, 11) is 0. The number of hydrogen-bond donors (Lipinski definition) is 1. The minimum absolute atomic E-state index is 0.195. The van der Waals surface area contributed by atoms with E-state index < -0.39 is 11.6 Å². The van der Waals surface area contributed by atoms with Gasteiger partial charge in [0.2, 0.25) is 0 Å². The topological polar surface area (TPSA) is 88.3 Å². The number of amides is 2. The summed E-state index contributed by atoms with van der Waals surface area (Å²) in [5.41, 5.74) is 0.617. The van der Waals surface area contributed by atoms with Crippen molar-refractivity contribution in [2.75, 3.05) is 0 Å². The van der Waals surface area contributed by atoms with Crippen molar-refractivity contribution >= 4 is 23.3 Å². The average molecular weight is 398 g/mol. The molecule has 2 heterocycles. The van der Waals surface area contributed by atoms with E-state index in [0.29, 0.717) is 5.76 Å². The van der Waals surface area contributed by atoms with Crippen LogP contribution in [0.3, 0.4) is 0 Å². The van der Waals surface area contributed by atoms with Crippen LogP contribution in [-0.2, 0) is 11.3 Å². The molecule has 28 heavy (non-hydrogen) atoms. The number of rotatable bonds is 6. The summed E-state index contributed by atoms with van der Waals surface area (Å²) in [6, 6.07) is 11.9. The first-order chi connectivity index (χ1) is 13.3. The Bertz CT molecular complexity index is 903. The first-order valence-electron chi connectivity index (χ1n) is 8.82. The van der Waals surface area contributed by atoms with Crippen LogP contribution in [0.15, 0.2) is 58.5 Å². The van der Waals surface area contributed by atoms with Gasteiger partial charge >= 0.3 is 0 Å². The lowest BCUT2D eigenvalue weighted by molar-refractivity contribution is -0.128. The molecule has 0 bridgehead atoms. The Morgan fingerprint density at radius 2 is 1.93 bits per heavy atom. The van der Waals surface area contributed by atoms with Gasteiger partial charge in [0.15, 0.2) is 11.7 Å². The van der Waals surface area contributed by atoms with Gasteiger partial charge in [0.1, 0.15) is 5.76 Å². The predicted octanol–water partition coefficient (Wildman–Crippen LogP) is 3.43. The second kappa shape index (κ2) is 8.35. The van der Waals surface area contributed by atoms with Crippen molar-refractivity contribution in [1.29, 1.82) is 0 Å². The standard InChI is InChI=1S/C20H22N4O3S/c1-20(2,3)21-18(25)17(16-10-7-11-27-16)24(12-14-8-5-4-6-9-14)19(26)15-13-28-23-22-15/h4-11,13,17H,12H2,1-3H3,(H,21,25). The number of hydrogen-bond acceptors (Lipinski definition) is 6. The summed E-state index contributed by atoms with van der Waals surface area (Å²) in [5.74, 6) is -0.327. The van der Waals surface area contributed by atoms with Crippen molar-refractivity contribution in [3.63, 3.8) is 0 Å². The van der Waals surface area contributed by atoms with Crippen LogP contribution in [0.2, 0.25) is 0 Å². The summed E-state index contributed by atoms with van der Waals surface area (Å²) < 4.78 is 9.31. The highest BCUT2D eigenvalue weighted by Gasteiger charge is 2.36. The quantitative estimate of drug-likeness (QED) is 0.687. The molecule has 2 aromatic heterocycles. The molecule has 7 nitrogen and oxygen atoms in total. The SMILES string of the molecule is CC(C)(C)NC(=O)C(c1ccco1)N(Cc1ccccc1)C(=O)c1csnn1. The van der Waals surface area contributed by atoms with Gasteiger partial charge in [-0.25, -0.2) is 0 Å². The van der Waals surface area contributed by atoms with Crippen LogP contribution in [0.4, 0.5) is 0 Å². The second-order valence-corrected chi connectivity index (χ2v) is 7.98. The van der Waals surface area contributed by atoms with Crippen LogP contribution in [-0.4, -0.2) is 31.8 Å². The molecule has 3 rings (SSSR count). The van der Waals surface area contributed by atoms with Gasteiger partial charge in [-0.1, -0.05) is 34.8 Å². The first kappa shape index (κ1) is 19.8. The number of furan rings is 1. The van der Waals surface area contributed by atoms with E-state index in [2.05, 4.69) is 14.9 Å². The van der Waals surface area contributed by atoms with Crippen LogP contribution < -0.4 is 5.32 Å². The smallest absolute Gasteiger partial charge is 0.276 e. The molecule has 1 aromatic carbocycles. The monoisotopic (exact) mass is 398 g/mol. The molecular formula is C20H22N4O3S. The summed E-state index contributed by atoms with van der Waals surface area (Å²) in [5, 5.41) is 8.41. The molecule has 1 atom stereocenters. The molecule has 0 radical (unpaired) electrons. The minimum atomic E-state index is -0.941. The van der Waals surface area contributed by atoms with Crippen LogP contribution in [0.1, 0.15) is 48.6 Å². The fraction of sp³-hybridized carbons (Fsp3) is 0.300. The Kier molecular flexibility index (Phi) is 5.89. The Morgan fingerprint density at radius 1 is 1.18 bits per heavy atom. The lowest BCUT2D eigenvalue weighted by Gasteiger charge is -2.32. The van der Waals surface area contributed by atoms with Gasteiger partial charge in [0.05, 0.1) is 6.26 Å². The zero-order chi connectivity index (χ0) is 20.1. The van der Waals surface area contributed by atoms with E-state index in [9.17, 15) is 9.59 Å². The summed E-state index contributed by atoms with van der Waals surface area (Å²) in [6.45, 7) is 5.88. The number of benzene rings is 1. The van der Waals surface area contributed by atoms with Crippen molar-refractivity contribution in [1.82, 2.24) is 19.8 Å². The number of nitrogens with zero attached hydrogens (tertiary/aromatic N) is 3. The summed E-state index contributed by atoms with van der Waals surface area (Å²) >= 11 is 1.09. The van der Waals surface area contributed by atoms with Crippen LogP contribution in [0.25, 0.3) is 0 Å². The largest absolute Gasteiger partial charge is 0.467 e. The molecule has 0 aliphatic heterocycles. The Balaban J connectivity index is 2.02. The highest BCUT2D eigenvalue weighted by molar-refractivity contribution is 7.03. The lowest BCUT2D eigenvalue weighted by Crippen LogP contribution is -2.49. The number of carbonyl (C=O) groups excluding carboxylic acids is 2. The molecule has 0 saturated heterocycles. The van der Waals surface area contributed by atoms with E-state index in [1.165, 1.54) is 11.2 Å². The molecule has 1 N–H and O–H groups in total. The number of nitrogens with one attached hydrogen (secondary N) is 1. The van der Waals surface area contributed by atoms with Gasteiger partial charge in [-0.3, -0.25) is 9.59 Å². The van der Waals surface area contributed by atoms with Gasteiger partial charge < -0.3 is 14.6 Å². The highest BCUT2D eigenvalue weighted by Crippen LogP contribution is 2.26. The van der Waals surface area contributed by atoms with E-state index in [-0.39, 0.29) is 24.1 Å². The highest BCUT2D eigenvalue weighted by atomic mass is 32.1. The molecular weight excluding hydrogens is 376 g/mol. The summed E-state index contributed by atoms with van der Waals surface area (Å²) in [6.07, 6.45) is 1.49. The van der Waals surface area contributed by atoms with E-state index >= 15 is 0 Å². The fourth-order valence-corrected chi connectivity index (χ4v) is 3.20. The van der Waals surface area contributed by atoms with E-state index in [1.807, 2.05) is 51.1 Å². The average Bonchev–Trinajstić information content (AvgIpc) is 3.34. The first-order valence-corrected chi connectivity index (χ1v) is 9.66.